The number of aliphatic carboxylic acids is 1. The highest BCUT2D eigenvalue weighted by molar-refractivity contribution is 5.74. The Morgan fingerprint density at radius 1 is 1.62 bits per heavy atom. The number of allylic oxidation sites excluding steroid dienone is 1. The first-order valence-corrected chi connectivity index (χ1v) is 3.92. The minimum atomic E-state index is -1.08. The Morgan fingerprint density at radius 3 is 2.31 bits per heavy atom. The fourth-order valence-corrected chi connectivity index (χ4v) is 1.20. The van der Waals surface area contributed by atoms with Crippen molar-refractivity contribution in [2.45, 2.75) is 19.6 Å². The molecule has 4 heteroatoms. The number of hydrogen-bond donors (Lipinski definition) is 1. The van der Waals surface area contributed by atoms with Crippen LogP contribution in [0.5, 0.6) is 0 Å². The maximum atomic E-state index is 11.0. The van der Waals surface area contributed by atoms with Crippen molar-refractivity contribution in [3.8, 4) is 0 Å². The first-order chi connectivity index (χ1) is 6.02. The summed E-state index contributed by atoms with van der Waals surface area (Å²) in [7, 11) is 2.83. The van der Waals surface area contributed by atoms with Gasteiger partial charge in [-0.1, -0.05) is 6.08 Å². The predicted molar refractivity (Wildman–Crippen MR) is 48.4 cm³/mol. The fraction of sp³-hybridized carbons (Fsp3) is 0.667. The molecule has 0 unspecified atom stereocenters. The number of ether oxygens (including phenoxy) is 2. The van der Waals surface area contributed by atoms with Crippen LogP contribution in [-0.4, -0.2) is 31.6 Å². The second-order valence-corrected chi connectivity index (χ2v) is 3.02. The van der Waals surface area contributed by atoms with Crippen LogP contribution in [0.25, 0.3) is 0 Å². The van der Waals surface area contributed by atoms with Crippen molar-refractivity contribution in [2.24, 2.45) is 5.41 Å². The highest BCUT2D eigenvalue weighted by Crippen LogP contribution is 2.29. The molecule has 0 saturated carbocycles. The van der Waals surface area contributed by atoms with Crippen LogP contribution in [-0.2, 0) is 14.3 Å². The average molecular weight is 188 g/mol. The van der Waals surface area contributed by atoms with Gasteiger partial charge in [-0.25, -0.2) is 0 Å². The van der Waals surface area contributed by atoms with Crippen LogP contribution in [0.2, 0.25) is 0 Å². The molecule has 0 bridgehead atoms. The molecule has 0 aromatic rings. The van der Waals surface area contributed by atoms with Crippen LogP contribution in [0.1, 0.15) is 13.3 Å². The quantitative estimate of drug-likeness (QED) is 0.504. The predicted octanol–water partition coefficient (Wildman–Crippen LogP) is 1.27. The molecule has 0 heterocycles. The van der Waals surface area contributed by atoms with Gasteiger partial charge in [0.25, 0.3) is 0 Å². The number of carbonyl (C=O) groups is 1. The summed E-state index contributed by atoms with van der Waals surface area (Å²) in [6, 6.07) is 0. The van der Waals surface area contributed by atoms with Crippen LogP contribution in [0.3, 0.4) is 0 Å². The molecular weight excluding hydrogens is 172 g/mol. The molecule has 0 aliphatic rings. The Morgan fingerprint density at radius 2 is 2.08 bits per heavy atom. The Hall–Kier alpha value is -0.870. The lowest BCUT2D eigenvalue weighted by Crippen LogP contribution is -2.41. The zero-order chi connectivity index (χ0) is 10.5. The number of carboxylic acids is 1. The second-order valence-electron chi connectivity index (χ2n) is 3.02. The second kappa shape index (κ2) is 4.99. The lowest BCUT2D eigenvalue weighted by Gasteiger charge is -2.30. The number of rotatable bonds is 6. The smallest absolute Gasteiger partial charge is 0.314 e. The molecule has 0 fully saturated rings. The molecule has 1 atom stereocenters. The highest BCUT2D eigenvalue weighted by Gasteiger charge is 2.41. The van der Waals surface area contributed by atoms with Gasteiger partial charge in [-0.2, -0.15) is 0 Å². The lowest BCUT2D eigenvalue weighted by atomic mass is 9.86. The van der Waals surface area contributed by atoms with E-state index < -0.39 is 17.7 Å². The van der Waals surface area contributed by atoms with E-state index in [2.05, 4.69) is 6.58 Å². The minimum Gasteiger partial charge on any atom is -0.481 e. The molecule has 0 aliphatic carbocycles. The fourth-order valence-electron chi connectivity index (χ4n) is 1.20. The van der Waals surface area contributed by atoms with Gasteiger partial charge in [0.1, 0.15) is 5.41 Å². The SMILES string of the molecule is C=CC[C@@](C)(C(=O)O)C(OC)OC. The Kier molecular flexibility index (Phi) is 4.66. The van der Waals surface area contributed by atoms with E-state index in [1.807, 2.05) is 0 Å². The molecule has 0 rings (SSSR count). The summed E-state index contributed by atoms with van der Waals surface area (Å²) >= 11 is 0. The van der Waals surface area contributed by atoms with Crippen LogP contribution in [0.4, 0.5) is 0 Å². The van der Waals surface area contributed by atoms with Crippen molar-refractivity contribution in [3.63, 3.8) is 0 Å². The zero-order valence-corrected chi connectivity index (χ0v) is 8.24. The maximum absolute atomic E-state index is 11.0. The first kappa shape index (κ1) is 12.1. The minimum absolute atomic E-state index is 0.300. The molecule has 0 aliphatic heterocycles. The van der Waals surface area contributed by atoms with E-state index in [1.165, 1.54) is 14.2 Å². The molecular formula is C9H16O4. The van der Waals surface area contributed by atoms with Crippen LogP contribution < -0.4 is 0 Å². The molecule has 1 N–H and O–H groups in total. The average Bonchev–Trinajstić information content (AvgIpc) is 2.06. The summed E-state index contributed by atoms with van der Waals surface area (Å²) in [5.74, 6) is -0.957. The van der Waals surface area contributed by atoms with Gasteiger partial charge >= 0.3 is 5.97 Å². The molecule has 0 aromatic heterocycles. The van der Waals surface area contributed by atoms with Gasteiger partial charge in [-0.05, 0) is 13.3 Å². The zero-order valence-electron chi connectivity index (χ0n) is 8.24. The lowest BCUT2D eigenvalue weighted by molar-refractivity contribution is -0.195. The van der Waals surface area contributed by atoms with Crippen molar-refractivity contribution in [1.82, 2.24) is 0 Å². The number of carboxylic acid groups (broad SMARTS) is 1. The summed E-state index contributed by atoms with van der Waals surface area (Å²) in [5.41, 5.74) is -1.08. The van der Waals surface area contributed by atoms with Crippen molar-refractivity contribution < 1.29 is 19.4 Å². The van der Waals surface area contributed by atoms with E-state index in [0.717, 1.165) is 0 Å². The van der Waals surface area contributed by atoms with Gasteiger partial charge < -0.3 is 14.6 Å². The highest BCUT2D eigenvalue weighted by atomic mass is 16.7. The third-order valence-corrected chi connectivity index (χ3v) is 2.01. The van der Waals surface area contributed by atoms with Crippen molar-refractivity contribution in [2.75, 3.05) is 14.2 Å². The normalized spacial score (nSPS) is 15.4. The van der Waals surface area contributed by atoms with Gasteiger partial charge in [-0.15, -0.1) is 6.58 Å². The first-order valence-electron chi connectivity index (χ1n) is 3.92. The van der Waals surface area contributed by atoms with Crippen LogP contribution in [0, 0.1) is 5.41 Å². The Bertz CT molecular complexity index is 186. The molecule has 0 aromatic carbocycles. The van der Waals surface area contributed by atoms with E-state index in [1.54, 1.807) is 13.0 Å². The Labute approximate surface area is 78.2 Å². The van der Waals surface area contributed by atoms with Crippen molar-refractivity contribution in [3.05, 3.63) is 12.7 Å². The maximum Gasteiger partial charge on any atom is 0.314 e. The standard InChI is InChI=1S/C9H16O4/c1-5-6-9(2,7(10)11)8(12-3)13-4/h5,8H,1,6H2,2-4H3,(H,10,11)/t9-/m0/s1. The number of hydrogen-bond acceptors (Lipinski definition) is 3. The summed E-state index contributed by atoms with van der Waals surface area (Å²) in [4.78, 5) is 11.0. The monoisotopic (exact) mass is 188 g/mol. The Balaban J connectivity index is 4.73. The third kappa shape index (κ3) is 2.54. The van der Waals surface area contributed by atoms with Gasteiger partial charge in [0.05, 0.1) is 0 Å². The topological polar surface area (TPSA) is 55.8 Å². The molecule has 13 heavy (non-hydrogen) atoms. The van der Waals surface area contributed by atoms with E-state index >= 15 is 0 Å². The van der Waals surface area contributed by atoms with Crippen molar-refractivity contribution in [1.29, 1.82) is 0 Å². The van der Waals surface area contributed by atoms with E-state index in [9.17, 15) is 4.79 Å². The number of methoxy groups -OCH3 is 2. The van der Waals surface area contributed by atoms with Gasteiger partial charge in [0, 0.05) is 14.2 Å². The van der Waals surface area contributed by atoms with Gasteiger partial charge in [0.2, 0.25) is 0 Å². The summed E-state index contributed by atoms with van der Waals surface area (Å²) in [5, 5.41) is 8.99. The molecule has 0 radical (unpaired) electrons. The molecule has 0 amide bonds. The van der Waals surface area contributed by atoms with E-state index in [-0.39, 0.29) is 0 Å². The largest absolute Gasteiger partial charge is 0.481 e. The van der Waals surface area contributed by atoms with E-state index in [4.69, 9.17) is 14.6 Å². The van der Waals surface area contributed by atoms with Gasteiger partial charge in [0.15, 0.2) is 6.29 Å². The van der Waals surface area contributed by atoms with Crippen molar-refractivity contribution >= 4 is 5.97 Å². The third-order valence-electron chi connectivity index (χ3n) is 2.01. The molecule has 0 spiro atoms. The summed E-state index contributed by atoms with van der Waals surface area (Å²) in [6.45, 7) is 5.07. The molecule has 0 saturated heterocycles. The van der Waals surface area contributed by atoms with Gasteiger partial charge in [-0.3, -0.25) is 4.79 Å². The summed E-state index contributed by atoms with van der Waals surface area (Å²) in [6.07, 6.45) is 1.08. The molecule has 76 valence electrons. The molecule has 4 nitrogen and oxygen atoms in total. The van der Waals surface area contributed by atoms with E-state index in [0.29, 0.717) is 6.42 Å². The van der Waals surface area contributed by atoms with Crippen LogP contribution in [0.15, 0.2) is 12.7 Å². The summed E-state index contributed by atoms with van der Waals surface area (Å²) < 4.78 is 9.86. The van der Waals surface area contributed by atoms with Crippen LogP contribution >= 0.6 is 0 Å².